The maximum atomic E-state index is 11.8. The summed E-state index contributed by atoms with van der Waals surface area (Å²) in [7, 11) is 1.54. The monoisotopic (exact) mass is 359 g/mol. The summed E-state index contributed by atoms with van der Waals surface area (Å²) in [5.74, 6) is -1.35. The van der Waals surface area contributed by atoms with Gasteiger partial charge in [-0.1, -0.05) is 28.1 Å². The third kappa shape index (κ3) is 7.22. The maximum Gasteiger partial charge on any atom is 0.305 e. The van der Waals surface area contributed by atoms with Crippen LogP contribution in [-0.4, -0.2) is 43.9 Å². The van der Waals surface area contributed by atoms with Crippen LogP contribution in [0.1, 0.15) is 18.0 Å². The van der Waals surface area contributed by atoms with Crippen LogP contribution in [0.15, 0.2) is 28.7 Å². The molecule has 0 spiro atoms. The third-order valence-electron chi connectivity index (χ3n) is 2.63. The summed E-state index contributed by atoms with van der Waals surface area (Å²) in [5, 5.41) is 11.6. The minimum absolute atomic E-state index is 0.131. The lowest BCUT2D eigenvalue weighted by atomic mass is 10.0. The van der Waals surface area contributed by atoms with Crippen LogP contribution >= 0.6 is 15.9 Å². The third-order valence-corrected chi connectivity index (χ3v) is 3.12. The van der Waals surface area contributed by atoms with E-state index in [2.05, 4.69) is 21.2 Å². The molecule has 0 heterocycles. The van der Waals surface area contributed by atoms with Crippen molar-refractivity contribution in [1.29, 1.82) is 0 Å². The van der Waals surface area contributed by atoms with Crippen molar-refractivity contribution in [1.82, 2.24) is 5.32 Å². The van der Waals surface area contributed by atoms with Crippen LogP contribution in [0.2, 0.25) is 0 Å². The highest BCUT2D eigenvalue weighted by molar-refractivity contribution is 9.10. The van der Waals surface area contributed by atoms with Gasteiger partial charge >= 0.3 is 5.97 Å². The van der Waals surface area contributed by atoms with Crippen molar-refractivity contribution >= 4 is 27.8 Å². The highest BCUT2D eigenvalue weighted by atomic mass is 79.9. The topological polar surface area (TPSA) is 84.9 Å². The SMILES string of the molecule is COCCOCC(=O)NC(CC(=O)O)c1cccc(Br)c1. The van der Waals surface area contributed by atoms with Crippen LogP contribution in [0.4, 0.5) is 0 Å². The summed E-state index contributed by atoms with van der Waals surface area (Å²) >= 11 is 3.32. The van der Waals surface area contributed by atoms with Crippen LogP contribution in [0.25, 0.3) is 0 Å². The first kappa shape index (κ1) is 17.6. The molecule has 1 amide bonds. The van der Waals surface area contributed by atoms with Gasteiger partial charge in [-0.2, -0.15) is 0 Å². The minimum atomic E-state index is -0.986. The van der Waals surface area contributed by atoms with E-state index in [-0.39, 0.29) is 18.9 Å². The number of carboxylic acid groups (broad SMARTS) is 1. The second-order valence-electron chi connectivity index (χ2n) is 4.32. The van der Waals surface area contributed by atoms with Crippen molar-refractivity contribution in [2.75, 3.05) is 26.9 Å². The van der Waals surface area contributed by atoms with Gasteiger partial charge in [0.25, 0.3) is 0 Å². The maximum absolute atomic E-state index is 11.8. The van der Waals surface area contributed by atoms with Crippen molar-refractivity contribution in [3.05, 3.63) is 34.3 Å². The van der Waals surface area contributed by atoms with Crippen molar-refractivity contribution in [3.63, 3.8) is 0 Å². The average molecular weight is 360 g/mol. The normalized spacial score (nSPS) is 11.9. The lowest BCUT2D eigenvalue weighted by Crippen LogP contribution is -2.33. The van der Waals surface area contributed by atoms with E-state index in [1.807, 2.05) is 6.07 Å². The second kappa shape index (κ2) is 9.49. The molecule has 0 aromatic heterocycles. The molecule has 0 aliphatic rings. The molecule has 21 heavy (non-hydrogen) atoms. The Labute approximate surface area is 131 Å². The zero-order chi connectivity index (χ0) is 15.7. The fourth-order valence-electron chi connectivity index (χ4n) is 1.69. The van der Waals surface area contributed by atoms with E-state index >= 15 is 0 Å². The van der Waals surface area contributed by atoms with Crippen molar-refractivity contribution in [3.8, 4) is 0 Å². The van der Waals surface area contributed by atoms with Gasteiger partial charge in [0, 0.05) is 11.6 Å². The molecule has 116 valence electrons. The highest BCUT2D eigenvalue weighted by Gasteiger charge is 2.18. The number of aliphatic carboxylic acids is 1. The molecule has 1 unspecified atom stereocenters. The van der Waals surface area contributed by atoms with E-state index in [9.17, 15) is 9.59 Å². The fourth-order valence-corrected chi connectivity index (χ4v) is 2.11. The second-order valence-corrected chi connectivity index (χ2v) is 5.23. The van der Waals surface area contributed by atoms with Crippen LogP contribution in [0.5, 0.6) is 0 Å². The summed E-state index contributed by atoms with van der Waals surface area (Å²) in [4.78, 5) is 22.7. The predicted molar refractivity (Wildman–Crippen MR) is 80.0 cm³/mol. The molecule has 7 heteroatoms. The molecule has 1 rings (SSSR count). The smallest absolute Gasteiger partial charge is 0.305 e. The predicted octanol–water partition coefficient (Wildman–Crippen LogP) is 1.74. The molecule has 0 fully saturated rings. The number of rotatable bonds is 9. The zero-order valence-corrected chi connectivity index (χ0v) is 13.3. The van der Waals surface area contributed by atoms with E-state index < -0.39 is 12.0 Å². The first-order chi connectivity index (χ1) is 10.0. The van der Waals surface area contributed by atoms with Gasteiger partial charge < -0.3 is 19.9 Å². The molecule has 1 atom stereocenters. The Balaban J connectivity index is 2.62. The number of nitrogens with one attached hydrogen (secondary N) is 1. The number of carboxylic acids is 1. The summed E-state index contributed by atoms with van der Waals surface area (Å²) in [5.41, 5.74) is 0.719. The molecular formula is C14H18BrNO5. The number of ether oxygens (including phenoxy) is 2. The van der Waals surface area contributed by atoms with Crippen LogP contribution < -0.4 is 5.32 Å². The van der Waals surface area contributed by atoms with Gasteiger partial charge in [-0.3, -0.25) is 9.59 Å². The quantitative estimate of drug-likeness (QED) is 0.656. The summed E-state index contributed by atoms with van der Waals surface area (Å²) < 4.78 is 10.7. The van der Waals surface area contributed by atoms with Gasteiger partial charge in [0.2, 0.25) is 5.91 Å². The molecule has 0 radical (unpaired) electrons. The number of methoxy groups -OCH3 is 1. The largest absolute Gasteiger partial charge is 0.481 e. The number of carbonyl (C=O) groups is 2. The Morgan fingerprint density at radius 1 is 1.38 bits per heavy atom. The Morgan fingerprint density at radius 2 is 2.14 bits per heavy atom. The van der Waals surface area contributed by atoms with Gasteiger partial charge in [-0.25, -0.2) is 0 Å². The van der Waals surface area contributed by atoms with Gasteiger partial charge in [0.15, 0.2) is 0 Å². The molecule has 6 nitrogen and oxygen atoms in total. The lowest BCUT2D eigenvalue weighted by molar-refractivity contribution is -0.138. The highest BCUT2D eigenvalue weighted by Crippen LogP contribution is 2.20. The van der Waals surface area contributed by atoms with Gasteiger partial charge in [-0.15, -0.1) is 0 Å². The molecular weight excluding hydrogens is 342 g/mol. The Kier molecular flexibility index (Phi) is 7.96. The van der Waals surface area contributed by atoms with E-state index in [1.54, 1.807) is 25.3 Å². The minimum Gasteiger partial charge on any atom is -0.481 e. The number of hydrogen-bond donors (Lipinski definition) is 2. The molecule has 1 aromatic carbocycles. The first-order valence-corrected chi connectivity index (χ1v) is 7.15. The van der Waals surface area contributed by atoms with Crippen molar-refractivity contribution < 1.29 is 24.2 Å². The Morgan fingerprint density at radius 3 is 2.76 bits per heavy atom. The lowest BCUT2D eigenvalue weighted by Gasteiger charge is -2.17. The van der Waals surface area contributed by atoms with Crippen LogP contribution in [0.3, 0.4) is 0 Å². The molecule has 0 saturated carbocycles. The molecule has 0 aliphatic heterocycles. The number of hydrogen-bond acceptors (Lipinski definition) is 4. The van der Waals surface area contributed by atoms with Gasteiger partial charge in [-0.05, 0) is 17.7 Å². The van der Waals surface area contributed by atoms with Crippen molar-refractivity contribution in [2.45, 2.75) is 12.5 Å². The van der Waals surface area contributed by atoms with Crippen molar-refractivity contribution in [2.24, 2.45) is 0 Å². The standard InChI is InChI=1S/C14H18BrNO5/c1-20-5-6-21-9-13(17)16-12(8-14(18)19)10-3-2-4-11(15)7-10/h2-4,7,12H,5-6,8-9H2,1H3,(H,16,17)(H,18,19). The molecule has 0 saturated heterocycles. The molecule has 1 aromatic rings. The summed E-state index contributed by atoms with van der Waals surface area (Å²) in [6.45, 7) is 0.579. The first-order valence-electron chi connectivity index (χ1n) is 6.36. The molecule has 0 aliphatic carbocycles. The number of carbonyl (C=O) groups excluding carboxylic acids is 1. The fraction of sp³-hybridized carbons (Fsp3) is 0.429. The Bertz CT molecular complexity index is 480. The molecule has 2 N–H and O–H groups in total. The molecule has 0 bridgehead atoms. The average Bonchev–Trinajstić information content (AvgIpc) is 2.42. The van der Waals surface area contributed by atoms with E-state index in [4.69, 9.17) is 14.6 Å². The Hall–Kier alpha value is -1.44. The van der Waals surface area contributed by atoms with Gasteiger partial charge in [0.1, 0.15) is 6.61 Å². The zero-order valence-electron chi connectivity index (χ0n) is 11.7. The number of halogens is 1. The van der Waals surface area contributed by atoms with Gasteiger partial charge in [0.05, 0.1) is 25.7 Å². The summed E-state index contributed by atoms with van der Waals surface area (Å²) in [6, 6.07) is 6.56. The number of benzene rings is 1. The van der Waals surface area contributed by atoms with Crippen LogP contribution in [0, 0.1) is 0 Å². The number of amides is 1. The van der Waals surface area contributed by atoms with E-state index in [0.29, 0.717) is 13.2 Å². The van der Waals surface area contributed by atoms with E-state index in [1.165, 1.54) is 0 Å². The van der Waals surface area contributed by atoms with Crippen LogP contribution in [-0.2, 0) is 19.1 Å². The van der Waals surface area contributed by atoms with E-state index in [0.717, 1.165) is 10.0 Å². The summed E-state index contributed by atoms with van der Waals surface area (Å²) in [6.07, 6.45) is -0.194.